The number of rotatable bonds is 4. The molecule has 0 saturated carbocycles. The molecule has 2 heterocycles. The summed E-state index contributed by atoms with van der Waals surface area (Å²) in [5.74, 6) is 1.19. The van der Waals surface area contributed by atoms with Gasteiger partial charge in [0.1, 0.15) is 5.75 Å². The van der Waals surface area contributed by atoms with E-state index in [1.807, 2.05) is 17.0 Å². The zero-order chi connectivity index (χ0) is 15.4. The highest BCUT2D eigenvalue weighted by Gasteiger charge is 2.29. The van der Waals surface area contributed by atoms with Crippen LogP contribution in [0.5, 0.6) is 5.75 Å². The van der Waals surface area contributed by atoms with Crippen LogP contribution in [0, 0.1) is 0 Å². The van der Waals surface area contributed by atoms with Crippen LogP contribution in [0.25, 0.3) is 0 Å². The fourth-order valence-corrected chi connectivity index (χ4v) is 3.64. The Hall–Kier alpha value is -1.55. The lowest BCUT2D eigenvalue weighted by atomic mass is 10.0. The van der Waals surface area contributed by atoms with Crippen molar-refractivity contribution < 1.29 is 9.53 Å². The molecule has 4 nitrogen and oxygen atoms in total. The third kappa shape index (κ3) is 3.43. The van der Waals surface area contributed by atoms with Crippen molar-refractivity contribution in [2.24, 2.45) is 0 Å². The normalized spacial score (nSPS) is 22.8. The highest BCUT2D eigenvalue weighted by atomic mass is 16.5. The summed E-state index contributed by atoms with van der Waals surface area (Å²) in [6, 6.07) is 8.66. The number of nitrogens with zero attached hydrogens (tertiary/aromatic N) is 2. The molecule has 2 aliphatic heterocycles. The Balaban J connectivity index is 1.63. The zero-order valence-corrected chi connectivity index (χ0v) is 13.5. The summed E-state index contributed by atoms with van der Waals surface area (Å²) in [6.45, 7) is 3.48. The molecule has 1 atom stereocenters. The minimum atomic E-state index is 0.306. The lowest BCUT2D eigenvalue weighted by Gasteiger charge is -2.31. The predicted octanol–water partition coefficient (Wildman–Crippen LogP) is 2.84. The van der Waals surface area contributed by atoms with E-state index >= 15 is 0 Å². The molecule has 3 rings (SSSR count). The van der Waals surface area contributed by atoms with Crippen LogP contribution in [0.1, 0.15) is 43.7 Å². The lowest BCUT2D eigenvalue weighted by molar-refractivity contribution is -0.133. The predicted molar refractivity (Wildman–Crippen MR) is 87.0 cm³/mol. The van der Waals surface area contributed by atoms with Crippen molar-refractivity contribution in [3.63, 3.8) is 0 Å². The first-order chi connectivity index (χ1) is 10.8. The second-order valence-electron chi connectivity index (χ2n) is 6.34. The minimum Gasteiger partial charge on any atom is -0.497 e. The van der Waals surface area contributed by atoms with Crippen molar-refractivity contribution in [3.8, 4) is 5.75 Å². The third-order valence-corrected chi connectivity index (χ3v) is 4.91. The average Bonchev–Trinajstić information content (AvgIpc) is 3.04. The first-order valence-corrected chi connectivity index (χ1v) is 8.44. The van der Waals surface area contributed by atoms with Gasteiger partial charge in [-0.05, 0) is 56.3 Å². The Bertz CT molecular complexity index is 494. The van der Waals surface area contributed by atoms with Gasteiger partial charge >= 0.3 is 0 Å². The van der Waals surface area contributed by atoms with Gasteiger partial charge in [-0.2, -0.15) is 0 Å². The van der Waals surface area contributed by atoms with Crippen molar-refractivity contribution in [2.45, 2.75) is 38.1 Å². The molecule has 2 aliphatic rings. The van der Waals surface area contributed by atoms with Gasteiger partial charge in [-0.25, -0.2) is 0 Å². The number of ether oxygens (including phenoxy) is 1. The van der Waals surface area contributed by atoms with Crippen molar-refractivity contribution in [3.05, 3.63) is 29.8 Å². The van der Waals surface area contributed by atoms with Crippen LogP contribution in [-0.4, -0.2) is 49.0 Å². The first kappa shape index (κ1) is 15.3. The number of amides is 1. The highest BCUT2D eigenvalue weighted by Crippen LogP contribution is 2.32. The molecule has 1 unspecified atom stereocenters. The summed E-state index contributed by atoms with van der Waals surface area (Å²) in [7, 11) is 1.69. The summed E-state index contributed by atoms with van der Waals surface area (Å²) in [6.07, 6.45) is 5.90. The van der Waals surface area contributed by atoms with Gasteiger partial charge in [-0.3, -0.25) is 9.69 Å². The van der Waals surface area contributed by atoms with E-state index in [0.29, 0.717) is 18.5 Å². The van der Waals surface area contributed by atoms with Crippen molar-refractivity contribution >= 4 is 5.91 Å². The summed E-state index contributed by atoms with van der Waals surface area (Å²) in [5.41, 5.74) is 1.30. The molecule has 0 aromatic heterocycles. The molecule has 0 radical (unpaired) electrons. The number of hydrogen-bond donors (Lipinski definition) is 0. The summed E-state index contributed by atoms with van der Waals surface area (Å²) in [4.78, 5) is 16.9. The van der Waals surface area contributed by atoms with E-state index in [2.05, 4.69) is 17.0 Å². The molecule has 2 fully saturated rings. The molecule has 1 aromatic carbocycles. The zero-order valence-electron chi connectivity index (χ0n) is 13.5. The number of methoxy groups -OCH3 is 1. The lowest BCUT2D eigenvalue weighted by Crippen LogP contribution is -2.42. The number of carbonyl (C=O) groups is 1. The van der Waals surface area contributed by atoms with Crippen LogP contribution in [0.4, 0.5) is 0 Å². The second kappa shape index (κ2) is 7.14. The van der Waals surface area contributed by atoms with E-state index in [1.54, 1.807) is 7.11 Å². The molecular weight excluding hydrogens is 276 g/mol. The van der Waals surface area contributed by atoms with E-state index in [9.17, 15) is 4.79 Å². The van der Waals surface area contributed by atoms with E-state index in [4.69, 9.17) is 4.74 Å². The van der Waals surface area contributed by atoms with Gasteiger partial charge in [0.05, 0.1) is 13.7 Å². The van der Waals surface area contributed by atoms with Gasteiger partial charge in [0, 0.05) is 19.1 Å². The standard InChI is InChI=1S/C18H26N2O2/c1-22-16-9-7-15(8-10-16)17-6-5-13-20(17)14-18(21)19-11-3-2-4-12-19/h7-10,17H,2-6,11-14H2,1H3. The Labute approximate surface area is 133 Å². The van der Waals surface area contributed by atoms with E-state index in [0.717, 1.165) is 44.6 Å². The number of hydrogen-bond acceptors (Lipinski definition) is 3. The van der Waals surface area contributed by atoms with Gasteiger partial charge in [0.2, 0.25) is 5.91 Å². The highest BCUT2D eigenvalue weighted by molar-refractivity contribution is 5.78. The van der Waals surface area contributed by atoms with Crippen LogP contribution in [0.2, 0.25) is 0 Å². The van der Waals surface area contributed by atoms with Crippen LogP contribution in [0.3, 0.4) is 0 Å². The summed E-state index contributed by atoms with van der Waals surface area (Å²) < 4.78 is 5.23. The molecule has 1 amide bonds. The number of benzene rings is 1. The SMILES string of the molecule is COc1ccc(C2CCCN2CC(=O)N2CCCCC2)cc1. The third-order valence-electron chi connectivity index (χ3n) is 4.91. The molecular formula is C18H26N2O2. The number of carbonyl (C=O) groups excluding carboxylic acids is 1. The van der Waals surface area contributed by atoms with Gasteiger partial charge < -0.3 is 9.64 Å². The Kier molecular flexibility index (Phi) is 4.98. The van der Waals surface area contributed by atoms with Gasteiger partial charge in [-0.15, -0.1) is 0 Å². The molecule has 2 saturated heterocycles. The first-order valence-electron chi connectivity index (χ1n) is 8.44. The van der Waals surface area contributed by atoms with Crippen molar-refractivity contribution in [1.29, 1.82) is 0 Å². The minimum absolute atomic E-state index is 0.306. The van der Waals surface area contributed by atoms with Gasteiger partial charge in [-0.1, -0.05) is 12.1 Å². The molecule has 0 N–H and O–H groups in total. The molecule has 4 heteroatoms. The molecule has 1 aromatic rings. The topological polar surface area (TPSA) is 32.8 Å². The molecule has 120 valence electrons. The van der Waals surface area contributed by atoms with E-state index in [-0.39, 0.29) is 0 Å². The average molecular weight is 302 g/mol. The maximum absolute atomic E-state index is 12.5. The van der Waals surface area contributed by atoms with Crippen LogP contribution < -0.4 is 4.74 Å². The summed E-state index contributed by atoms with van der Waals surface area (Å²) >= 11 is 0. The Morgan fingerprint density at radius 3 is 2.50 bits per heavy atom. The van der Waals surface area contributed by atoms with Crippen LogP contribution >= 0.6 is 0 Å². The van der Waals surface area contributed by atoms with Crippen LogP contribution in [-0.2, 0) is 4.79 Å². The number of piperidine rings is 1. The van der Waals surface area contributed by atoms with Gasteiger partial charge in [0.15, 0.2) is 0 Å². The van der Waals surface area contributed by atoms with Gasteiger partial charge in [0.25, 0.3) is 0 Å². The van der Waals surface area contributed by atoms with Crippen molar-refractivity contribution in [2.75, 3.05) is 33.3 Å². The van der Waals surface area contributed by atoms with Crippen molar-refractivity contribution in [1.82, 2.24) is 9.80 Å². The quantitative estimate of drug-likeness (QED) is 0.857. The maximum atomic E-state index is 12.5. The monoisotopic (exact) mass is 302 g/mol. The van der Waals surface area contributed by atoms with E-state index < -0.39 is 0 Å². The fourth-order valence-electron chi connectivity index (χ4n) is 3.64. The molecule has 0 aliphatic carbocycles. The van der Waals surface area contributed by atoms with E-state index in [1.165, 1.54) is 18.4 Å². The second-order valence-corrected chi connectivity index (χ2v) is 6.34. The smallest absolute Gasteiger partial charge is 0.236 e. The fraction of sp³-hybridized carbons (Fsp3) is 0.611. The molecule has 22 heavy (non-hydrogen) atoms. The molecule has 0 spiro atoms. The Morgan fingerprint density at radius 2 is 1.82 bits per heavy atom. The Morgan fingerprint density at radius 1 is 1.09 bits per heavy atom. The maximum Gasteiger partial charge on any atom is 0.236 e. The molecule has 0 bridgehead atoms. The largest absolute Gasteiger partial charge is 0.497 e. The number of likely N-dealkylation sites (tertiary alicyclic amines) is 2. The van der Waals surface area contributed by atoms with Crippen LogP contribution in [0.15, 0.2) is 24.3 Å². The summed E-state index contributed by atoms with van der Waals surface area (Å²) in [5, 5.41) is 0.